The van der Waals surface area contributed by atoms with E-state index in [1.807, 2.05) is 120 Å². The van der Waals surface area contributed by atoms with Gasteiger partial charge in [-0.2, -0.15) is 0 Å². The second kappa shape index (κ2) is 68.3. The van der Waals surface area contributed by atoms with Crippen LogP contribution in [0, 0.1) is 35.4 Å². The number of aldehydes is 1. The number of ketones is 1. The minimum absolute atomic E-state index is 0. The van der Waals surface area contributed by atoms with E-state index in [9.17, 15) is 43.1 Å². The molecule has 3 aromatic rings. The number of hydrogen-bond donors (Lipinski definition) is 11. The summed E-state index contributed by atoms with van der Waals surface area (Å²) in [5.41, 5.74) is 20.7. The molecule has 650 valence electrons. The Morgan fingerprint density at radius 1 is 0.631 bits per heavy atom. The Bertz CT molecular complexity index is 2870. The molecule has 24 nitrogen and oxygen atoms in total. The van der Waals surface area contributed by atoms with Crippen LogP contribution in [0.3, 0.4) is 0 Å². The SMILES string of the molecule is C.C.CC(C)C=O.CC(C)CN1C[C@@H](C)N2C(=O)c3c(O)c(=O)c(C(=O)CCc4ccc(F)cc4)cn3CC12.CC(C)CNC[C@@H](C)N.CC(C)CN[C@@H](C)CN.CCC[C@H](C)N.CCC[C@H](C)NC(=O)OC(C)(C)C.CCC[C@H](C)NCC(C)C.CO.C[C@@H](CN)NC(=O)OC(C)(C)C.O=C(Cl)OCc1ccccc1. The van der Waals surface area contributed by atoms with Crippen LogP contribution in [0.5, 0.6) is 5.75 Å². The molecule has 0 aliphatic carbocycles. The highest BCUT2D eigenvalue weighted by Gasteiger charge is 2.46. The molecule has 2 aliphatic rings. The number of alkyl carbamates (subject to hydrolysis) is 2. The summed E-state index contributed by atoms with van der Waals surface area (Å²) in [6, 6.07) is 17.2. The fraction of sp³-hybridized carbons (Fsp3) is 0.729. The zero-order valence-electron chi connectivity index (χ0n) is 72.5. The Morgan fingerprint density at radius 2 is 1.08 bits per heavy atom. The maximum Gasteiger partial charge on any atom is 0.407 e. The van der Waals surface area contributed by atoms with Crippen molar-refractivity contribution in [2.24, 2.45) is 52.5 Å². The number of hydrogen-bond acceptors (Lipinski definition) is 20. The van der Waals surface area contributed by atoms with Crippen molar-refractivity contribution in [2.45, 2.75) is 319 Å². The number of nitrogens with zero attached hydrogens (tertiary/aromatic N) is 3. The number of rotatable bonds is 29. The van der Waals surface area contributed by atoms with Crippen molar-refractivity contribution in [1.29, 1.82) is 0 Å². The molecule has 111 heavy (non-hydrogen) atoms. The summed E-state index contributed by atoms with van der Waals surface area (Å²) in [7, 11) is 1.00. The van der Waals surface area contributed by atoms with E-state index in [1.54, 1.807) is 21.6 Å². The summed E-state index contributed by atoms with van der Waals surface area (Å²) in [6.45, 7) is 60.4. The average molecular weight is 1600 g/mol. The molecular weight excluding hydrogens is 1440 g/mol. The van der Waals surface area contributed by atoms with Crippen LogP contribution in [0.2, 0.25) is 0 Å². The molecule has 2 aromatic carbocycles. The first-order valence-electron chi connectivity index (χ1n) is 39.3. The molecule has 1 fully saturated rings. The number of Topliss-reactive ketones (excluding diaryl/α,β-unsaturated/α-hetero) is 1. The lowest BCUT2D eigenvalue weighted by atomic mass is 10.0. The predicted molar refractivity (Wildman–Crippen MR) is 462 cm³/mol. The van der Waals surface area contributed by atoms with Crippen LogP contribution in [-0.4, -0.2) is 179 Å². The fourth-order valence-corrected chi connectivity index (χ4v) is 9.68. The number of aryl methyl sites for hydroxylation is 1. The van der Waals surface area contributed by atoms with E-state index >= 15 is 0 Å². The first-order valence-corrected chi connectivity index (χ1v) is 39.7. The number of ether oxygens (including phenoxy) is 3. The van der Waals surface area contributed by atoms with Gasteiger partial charge in [0.1, 0.15) is 36.1 Å². The lowest BCUT2D eigenvalue weighted by Gasteiger charge is -2.38. The molecule has 1 saturated heterocycles. The number of nitrogens with two attached hydrogens (primary N) is 4. The van der Waals surface area contributed by atoms with Crippen molar-refractivity contribution in [3.63, 3.8) is 0 Å². The average Bonchev–Trinajstić information content (AvgIpc) is 1.66. The zero-order chi connectivity index (χ0) is 85.3. The normalized spacial score (nSPS) is 14.7. The van der Waals surface area contributed by atoms with E-state index in [0.717, 1.165) is 107 Å². The standard InChI is InChI=1S/C24H28FN3O4.C10H21NO2.C9H21N.C8H7ClO2.C8H18N2O2.2C7H18N2.C5H13N.C4H8O.CH4O.2CH4/c1-14(2)10-26-11-15(3)28-20(26)13-27-12-18(22(30)23(31)21(27)24(28)32)19(29)9-6-16-4-7-17(25)8-5-16;1-6-7-8(2)11-9(12)13-10(3,4)5;1-5-6-9(4)10-7-8(2)3;9-8(10)11-6-7-4-2-1-3-5-7;1-6(5-9)10-7(11)12-8(2,3)4;1-6(2)5-9-7(3)4-8;1-6(2)4-9-5-7(3)8;1-3-4-5(2)6;1-4(2)3-5;1-2;;/h4-5,7-8,12,14-15,20,31H,6,9-11,13H2,1-3H3;8H,6-7H2,1-5H3,(H,11,12);8-10H,5-7H2,1-4H3;1-5H,6H2;6H,5,9H2,1-4H3,(H,10,11);2*6-7,9H,4-5,8H2,1-3H3;5H,3-4,6H2,1-2H3;3-4H,1-2H3;2H,1H3;2*1H4/t15-,20?;8-;9-;;6-;2*7-;5-;;;;/m100.0010..../s1. The van der Waals surface area contributed by atoms with Crippen molar-refractivity contribution in [3.05, 3.63) is 99.2 Å². The fourth-order valence-electron chi connectivity index (χ4n) is 9.62. The molecule has 8 atom stereocenters. The van der Waals surface area contributed by atoms with Crippen LogP contribution in [0.1, 0.15) is 272 Å². The second-order valence-electron chi connectivity index (χ2n) is 31.9. The highest BCUT2D eigenvalue weighted by molar-refractivity contribution is 6.61. The van der Waals surface area contributed by atoms with Gasteiger partial charge < -0.3 is 88.2 Å². The Labute approximate surface area is 678 Å². The Kier molecular flexibility index (Phi) is 72.7. The molecule has 26 heteroatoms. The van der Waals surface area contributed by atoms with E-state index in [2.05, 4.69) is 126 Å². The number of carbonyl (C=O) groups excluding carboxylic acids is 6. The molecule has 3 heterocycles. The van der Waals surface area contributed by atoms with Crippen molar-refractivity contribution in [3.8, 4) is 5.75 Å². The Hall–Kier alpha value is -6.13. The number of aliphatic hydroxyl groups excluding tert-OH is 1. The molecule has 2 aliphatic heterocycles. The molecule has 5 rings (SSSR count). The third-order valence-corrected chi connectivity index (χ3v) is 15.0. The lowest BCUT2D eigenvalue weighted by Crippen LogP contribution is -2.52. The van der Waals surface area contributed by atoms with Crippen molar-refractivity contribution in [1.82, 2.24) is 41.0 Å². The van der Waals surface area contributed by atoms with E-state index in [1.165, 1.54) is 37.6 Å². The Balaban J connectivity index is -0.000000234. The van der Waals surface area contributed by atoms with Crippen LogP contribution >= 0.6 is 11.6 Å². The van der Waals surface area contributed by atoms with Gasteiger partial charge in [0.25, 0.3) is 5.91 Å². The monoisotopic (exact) mass is 1600 g/mol. The molecule has 1 unspecified atom stereocenters. The van der Waals surface area contributed by atoms with Gasteiger partial charge in [0, 0.05) is 112 Å². The molecule has 3 amide bonds. The predicted octanol–water partition coefficient (Wildman–Crippen LogP) is 15.2. The van der Waals surface area contributed by atoms with E-state index in [4.69, 9.17) is 49.1 Å². The summed E-state index contributed by atoms with van der Waals surface area (Å²) in [6.07, 6.45) is 8.78. The van der Waals surface area contributed by atoms with Crippen LogP contribution in [0.4, 0.5) is 18.8 Å². The van der Waals surface area contributed by atoms with Crippen LogP contribution in [0.15, 0.2) is 65.6 Å². The van der Waals surface area contributed by atoms with Gasteiger partial charge in [0.05, 0.1) is 12.1 Å². The van der Waals surface area contributed by atoms with E-state index < -0.39 is 39.7 Å². The smallest absolute Gasteiger partial charge is 0.407 e. The summed E-state index contributed by atoms with van der Waals surface area (Å²) in [5.74, 6) is 1.01. The third-order valence-electron chi connectivity index (χ3n) is 14.9. The molecule has 0 saturated carbocycles. The van der Waals surface area contributed by atoms with Gasteiger partial charge >= 0.3 is 17.6 Å². The topological polar surface area (TPSA) is 363 Å². The highest BCUT2D eigenvalue weighted by Crippen LogP contribution is 2.32. The first kappa shape index (κ1) is 118. The van der Waals surface area contributed by atoms with Crippen LogP contribution in [-0.2, 0) is 38.6 Å². The number of aromatic hydroxyl groups is 1. The number of amides is 3. The lowest BCUT2D eigenvalue weighted by molar-refractivity contribution is -0.110. The van der Waals surface area contributed by atoms with Gasteiger partial charge in [-0.1, -0.05) is 167 Å². The van der Waals surface area contributed by atoms with Gasteiger partial charge in [-0.3, -0.25) is 19.3 Å². The first-order chi connectivity index (χ1) is 50.6. The molecule has 15 N–H and O–H groups in total. The third kappa shape index (κ3) is 67.0. The number of halogens is 2. The summed E-state index contributed by atoms with van der Waals surface area (Å²) in [5, 5.41) is 33.0. The summed E-state index contributed by atoms with van der Waals surface area (Å²) < 4.78 is 29.3. The van der Waals surface area contributed by atoms with Crippen LogP contribution < -0.4 is 54.9 Å². The van der Waals surface area contributed by atoms with Crippen molar-refractivity contribution in [2.75, 3.05) is 59.5 Å². The zero-order valence-corrected chi connectivity index (χ0v) is 73.2. The van der Waals surface area contributed by atoms with Gasteiger partial charge in [-0.05, 0) is 182 Å². The Morgan fingerprint density at radius 3 is 1.47 bits per heavy atom. The van der Waals surface area contributed by atoms with Gasteiger partial charge in [-0.25, -0.2) is 18.8 Å². The maximum atomic E-state index is 13.2. The highest BCUT2D eigenvalue weighted by atomic mass is 35.5. The number of pyridine rings is 1. The van der Waals surface area contributed by atoms with Gasteiger partial charge in [-0.15, -0.1) is 0 Å². The minimum Gasteiger partial charge on any atom is -0.503 e. The van der Waals surface area contributed by atoms with E-state index in [0.29, 0.717) is 43.6 Å². The summed E-state index contributed by atoms with van der Waals surface area (Å²) in [4.78, 5) is 84.6. The molecule has 0 radical (unpaired) electrons. The van der Waals surface area contributed by atoms with Crippen molar-refractivity contribution < 1.29 is 57.6 Å². The van der Waals surface area contributed by atoms with Crippen molar-refractivity contribution >= 4 is 47.2 Å². The van der Waals surface area contributed by atoms with Gasteiger partial charge in [0.2, 0.25) is 5.43 Å². The largest absolute Gasteiger partial charge is 0.503 e. The minimum atomic E-state index is -0.821. The molecular formula is C85H164ClFN12O12. The molecule has 0 spiro atoms. The number of benzene rings is 2. The molecule has 0 bridgehead atoms. The number of aliphatic hydroxyl groups is 1. The van der Waals surface area contributed by atoms with Gasteiger partial charge in [0.15, 0.2) is 17.2 Å². The maximum absolute atomic E-state index is 13.2. The van der Waals surface area contributed by atoms with E-state index in [-0.39, 0.29) is 93.2 Å². The molecule has 1 aromatic heterocycles. The second-order valence-corrected chi connectivity index (χ2v) is 32.2. The number of carbonyl (C=O) groups is 6. The number of aromatic nitrogens is 1. The quantitative estimate of drug-likeness (QED) is 0.0133. The number of nitrogens with one attached hydrogen (secondary N) is 5. The summed E-state index contributed by atoms with van der Waals surface area (Å²) >= 11 is 4.97. The number of fused-ring (bicyclic) bond motifs is 2. The van der Waals surface area contributed by atoms with Crippen LogP contribution in [0.25, 0.3) is 0 Å².